The average molecular weight is 583 g/mol. The molecule has 4 heteroatoms. The fourth-order valence-electron chi connectivity index (χ4n) is 6.22. The van der Waals surface area contributed by atoms with E-state index in [1.165, 1.54) is 57.8 Å². The van der Waals surface area contributed by atoms with Crippen LogP contribution in [0, 0.1) is 0 Å². The molecule has 0 rings (SSSR count). The predicted molar refractivity (Wildman–Crippen MR) is 162 cm³/mol. The van der Waals surface area contributed by atoms with Crippen molar-refractivity contribution in [2.24, 2.45) is 0 Å². The van der Waals surface area contributed by atoms with E-state index in [9.17, 15) is 0 Å². The molecule has 0 amide bonds. The standard InChI is InChI=1S/C18H38BN2.3C4H9.Sn/c1-10-11-12-13-14-19(20(15(2)3)16(4)5)21(17(6)7)18(8)9;3*1-3-4-2;/h14-18H,10-12H2,1-9H3;3*1,3-4H2,2H3;. The van der Waals surface area contributed by atoms with Gasteiger partial charge < -0.3 is 0 Å². The molecule has 0 fully saturated rings. The quantitative estimate of drug-likeness (QED) is 0.132. The zero-order valence-electron chi connectivity index (χ0n) is 25.8. The summed E-state index contributed by atoms with van der Waals surface area (Å²) in [6.45, 7) is 29.3. The molecule has 0 aliphatic heterocycles. The normalized spacial score (nSPS) is 13.5. The van der Waals surface area contributed by atoms with Crippen LogP contribution in [-0.2, 0) is 0 Å². The van der Waals surface area contributed by atoms with Gasteiger partial charge in [-0.1, -0.05) is 0 Å². The van der Waals surface area contributed by atoms with Gasteiger partial charge in [0.1, 0.15) is 0 Å². The molecule has 0 N–H and O–H groups in total. The number of hydrogen-bond acceptors (Lipinski definition) is 2. The molecule has 0 unspecified atom stereocenters. The van der Waals surface area contributed by atoms with E-state index >= 15 is 0 Å². The average Bonchev–Trinajstić information content (AvgIpc) is 2.75. The number of allylic oxidation sites excluding steroid dienone is 1. The predicted octanol–water partition coefficient (Wildman–Crippen LogP) is 9.76. The molecular weight excluding hydrogens is 518 g/mol. The number of nitrogens with zero attached hydrogens (tertiary/aromatic N) is 2. The van der Waals surface area contributed by atoms with E-state index in [0.29, 0.717) is 31.1 Å². The van der Waals surface area contributed by atoms with E-state index in [1.807, 2.05) is 3.59 Å². The van der Waals surface area contributed by atoms with Crippen molar-refractivity contribution in [2.45, 2.75) is 178 Å². The monoisotopic (exact) mass is 584 g/mol. The van der Waals surface area contributed by atoms with Gasteiger partial charge in [0, 0.05) is 0 Å². The molecule has 0 saturated carbocycles. The van der Waals surface area contributed by atoms with Gasteiger partial charge in [0.2, 0.25) is 0 Å². The summed E-state index contributed by atoms with van der Waals surface area (Å²) in [6.07, 6.45) is 12.5. The number of unbranched alkanes of at least 4 members (excludes halogenated alkanes) is 4. The molecule has 0 radical (unpaired) electrons. The second-order valence-electron chi connectivity index (χ2n) is 12.1. The van der Waals surface area contributed by atoms with Crippen LogP contribution in [-0.4, -0.2) is 59.1 Å². The van der Waals surface area contributed by atoms with Gasteiger partial charge in [-0.15, -0.1) is 0 Å². The molecule has 0 aromatic carbocycles. The Morgan fingerprint density at radius 2 is 0.912 bits per heavy atom. The van der Waals surface area contributed by atoms with Gasteiger partial charge in [-0.25, -0.2) is 0 Å². The van der Waals surface area contributed by atoms with Gasteiger partial charge in [-0.05, 0) is 0 Å². The first-order valence-electron chi connectivity index (χ1n) is 15.3. The zero-order chi connectivity index (χ0) is 26.3. The summed E-state index contributed by atoms with van der Waals surface area (Å²) in [5.74, 6) is 2.90. The van der Waals surface area contributed by atoms with E-state index in [1.54, 1.807) is 13.3 Å². The van der Waals surface area contributed by atoms with Gasteiger partial charge in [-0.3, -0.25) is 0 Å². The number of hydrogen-bond donors (Lipinski definition) is 0. The van der Waals surface area contributed by atoms with Crippen molar-refractivity contribution in [3.8, 4) is 0 Å². The van der Waals surface area contributed by atoms with Gasteiger partial charge in [0.25, 0.3) is 0 Å². The summed E-state index contributed by atoms with van der Waals surface area (Å²) >= 11 is -2.48. The summed E-state index contributed by atoms with van der Waals surface area (Å²) in [4.78, 5) is 5.62. The van der Waals surface area contributed by atoms with Crippen LogP contribution in [0.25, 0.3) is 0 Å². The second kappa shape index (κ2) is 18.7. The minimum absolute atomic E-state index is 0.410. The summed E-state index contributed by atoms with van der Waals surface area (Å²) in [5.41, 5.74) is 0. The first kappa shape index (κ1) is 34.5. The summed E-state index contributed by atoms with van der Waals surface area (Å²) < 4.78 is 6.76. The maximum atomic E-state index is 2.90. The Bertz CT molecular complexity index is 472. The third kappa shape index (κ3) is 11.3. The van der Waals surface area contributed by atoms with Crippen molar-refractivity contribution in [3.63, 3.8) is 0 Å². The Morgan fingerprint density at radius 1 is 0.588 bits per heavy atom. The fraction of sp³-hybridized carbons (Fsp3) is 0.933. The Balaban J connectivity index is 6.99. The van der Waals surface area contributed by atoms with Crippen LogP contribution in [0.2, 0.25) is 13.3 Å². The summed E-state index contributed by atoms with van der Waals surface area (Å²) in [5, 5.41) is 0. The van der Waals surface area contributed by atoms with Crippen molar-refractivity contribution in [3.05, 3.63) is 9.56 Å². The minimum atomic E-state index is -2.48. The first-order valence-corrected chi connectivity index (χ1v) is 22.8. The van der Waals surface area contributed by atoms with Crippen LogP contribution >= 0.6 is 0 Å². The van der Waals surface area contributed by atoms with Crippen LogP contribution in [0.15, 0.2) is 9.56 Å². The maximum absolute atomic E-state index is 2.90. The molecule has 0 aromatic heterocycles. The van der Waals surface area contributed by atoms with Crippen LogP contribution < -0.4 is 0 Å². The van der Waals surface area contributed by atoms with E-state index in [-0.39, 0.29) is 0 Å². The van der Waals surface area contributed by atoms with Crippen molar-refractivity contribution >= 4 is 25.4 Å². The van der Waals surface area contributed by atoms with Gasteiger partial charge in [0.15, 0.2) is 0 Å². The molecular formula is C30H65BN2Sn. The molecule has 0 saturated heterocycles. The molecule has 0 aliphatic carbocycles. The van der Waals surface area contributed by atoms with Crippen molar-refractivity contribution in [1.82, 2.24) is 9.62 Å². The van der Waals surface area contributed by atoms with E-state index in [2.05, 4.69) is 98.7 Å². The van der Waals surface area contributed by atoms with Gasteiger partial charge in [0.05, 0.1) is 0 Å². The van der Waals surface area contributed by atoms with E-state index in [0.717, 1.165) is 0 Å². The molecule has 0 heterocycles. The number of rotatable bonds is 20. The third-order valence-electron chi connectivity index (χ3n) is 7.85. The zero-order valence-corrected chi connectivity index (χ0v) is 28.7. The topological polar surface area (TPSA) is 6.48 Å². The van der Waals surface area contributed by atoms with Gasteiger partial charge in [-0.2, -0.15) is 0 Å². The molecule has 0 atom stereocenters. The summed E-state index contributed by atoms with van der Waals surface area (Å²) in [7, 11) is 0. The molecule has 0 bridgehead atoms. The first-order chi connectivity index (χ1) is 16.0. The van der Waals surface area contributed by atoms with Crippen LogP contribution in [0.3, 0.4) is 0 Å². The second-order valence-corrected chi connectivity index (χ2v) is 25.5. The Hall–Kier alpha value is 0.524. The van der Waals surface area contributed by atoms with Crippen LogP contribution in [0.4, 0.5) is 0 Å². The van der Waals surface area contributed by atoms with Crippen LogP contribution in [0.1, 0.15) is 141 Å². The molecule has 0 spiro atoms. The molecule has 2 nitrogen and oxygen atoms in total. The molecule has 0 aliphatic rings. The SMILES string of the molecule is CCCC/[C](=C/B(N(C(C)C)C(C)C)N(C(C)C)C(C)C)[Sn]([CH2]CCC)([CH2]CCC)[CH2]CCC. The van der Waals surface area contributed by atoms with Crippen molar-refractivity contribution in [1.29, 1.82) is 0 Å². The third-order valence-corrected chi connectivity index (χ3v) is 24.2. The van der Waals surface area contributed by atoms with E-state index < -0.39 is 18.4 Å². The Labute approximate surface area is 222 Å². The van der Waals surface area contributed by atoms with Gasteiger partial charge >= 0.3 is 223 Å². The van der Waals surface area contributed by atoms with Crippen LogP contribution in [0.5, 0.6) is 0 Å². The molecule has 0 aromatic rings. The Morgan fingerprint density at radius 3 is 1.18 bits per heavy atom. The molecule has 34 heavy (non-hydrogen) atoms. The summed E-state index contributed by atoms with van der Waals surface area (Å²) in [6, 6.07) is 2.17. The Kier molecular flexibility index (Phi) is 19.0. The van der Waals surface area contributed by atoms with E-state index in [4.69, 9.17) is 0 Å². The van der Waals surface area contributed by atoms with Crippen molar-refractivity contribution in [2.75, 3.05) is 0 Å². The molecule has 202 valence electrons. The fourth-order valence-corrected chi connectivity index (χ4v) is 23.4. The van der Waals surface area contributed by atoms with Crippen molar-refractivity contribution < 1.29 is 0 Å².